The van der Waals surface area contributed by atoms with Gasteiger partial charge in [0.2, 0.25) is 4.77 Å². The van der Waals surface area contributed by atoms with Crippen LogP contribution < -0.4 is 9.47 Å². The van der Waals surface area contributed by atoms with Gasteiger partial charge in [-0.2, -0.15) is 14.9 Å². The molecule has 6 nitrogen and oxygen atoms in total. The van der Waals surface area contributed by atoms with Gasteiger partial charge < -0.3 is 9.47 Å². The number of aromatic nitrogens is 3. The van der Waals surface area contributed by atoms with Crippen molar-refractivity contribution in [3.8, 4) is 11.5 Å². The Morgan fingerprint density at radius 1 is 1.11 bits per heavy atom. The molecular weight excluding hydrogens is 372 g/mol. The molecule has 0 aliphatic heterocycles. The molecule has 0 spiro atoms. The number of aromatic amines is 1. The Morgan fingerprint density at radius 2 is 1.75 bits per heavy atom. The Kier molecular flexibility index (Phi) is 4.30. The van der Waals surface area contributed by atoms with Gasteiger partial charge in [-0.05, 0) is 92.3 Å². The minimum Gasteiger partial charge on any atom is -0.493 e. The molecule has 6 rings (SSSR count). The fourth-order valence-corrected chi connectivity index (χ4v) is 6.36. The summed E-state index contributed by atoms with van der Waals surface area (Å²) in [6.45, 7) is 0. The number of nitrogens with zero attached hydrogens (tertiary/aromatic N) is 3. The van der Waals surface area contributed by atoms with Crippen LogP contribution in [0.3, 0.4) is 0 Å². The van der Waals surface area contributed by atoms with Crippen LogP contribution in [0.4, 0.5) is 0 Å². The van der Waals surface area contributed by atoms with E-state index in [-0.39, 0.29) is 5.41 Å². The summed E-state index contributed by atoms with van der Waals surface area (Å²) in [5.74, 6) is 4.95. The number of benzene rings is 1. The van der Waals surface area contributed by atoms with Crippen molar-refractivity contribution < 1.29 is 9.47 Å². The Labute approximate surface area is 169 Å². The lowest BCUT2D eigenvalue weighted by molar-refractivity contribution is -0.0109. The number of H-pyrrole nitrogens is 1. The quantitative estimate of drug-likeness (QED) is 0.602. The Balaban J connectivity index is 1.49. The normalized spacial score (nSPS) is 30.9. The van der Waals surface area contributed by atoms with E-state index in [4.69, 9.17) is 26.8 Å². The second-order valence-electron chi connectivity index (χ2n) is 8.72. The van der Waals surface area contributed by atoms with Crippen LogP contribution >= 0.6 is 12.2 Å². The lowest BCUT2D eigenvalue weighted by atomic mass is 9.49. The van der Waals surface area contributed by atoms with Crippen molar-refractivity contribution >= 4 is 18.4 Å². The van der Waals surface area contributed by atoms with E-state index < -0.39 is 0 Å². The third kappa shape index (κ3) is 2.87. The van der Waals surface area contributed by atoms with Crippen molar-refractivity contribution in [2.75, 3.05) is 14.2 Å². The molecule has 0 amide bonds. The molecule has 1 heterocycles. The standard InChI is InChI=1S/C21H26N4O2S/c1-26-17-4-3-13(8-18(17)27-2)12-22-25-19(23-24-20(25)28)21-9-14-5-15(10-21)7-16(6-14)11-21/h3-4,8,12,14-16H,5-7,9-11H2,1-2H3,(H,24,28)/b22-12+. The second-order valence-corrected chi connectivity index (χ2v) is 9.11. The summed E-state index contributed by atoms with van der Waals surface area (Å²) < 4.78 is 13.1. The third-order valence-corrected chi connectivity index (χ3v) is 7.16. The molecule has 1 aromatic heterocycles. The van der Waals surface area contributed by atoms with E-state index in [0.717, 1.165) is 29.1 Å². The van der Waals surface area contributed by atoms with Crippen molar-refractivity contribution in [2.24, 2.45) is 22.9 Å². The first-order valence-electron chi connectivity index (χ1n) is 10.0. The van der Waals surface area contributed by atoms with Crippen molar-refractivity contribution in [3.05, 3.63) is 34.4 Å². The summed E-state index contributed by atoms with van der Waals surface area (Å²) in [6.07, 6.45) is 9.70. The lowest BCUT2D eigenvalue weighted by Gasteiger charge is -2.55. The number of hydrogen-bond donors (Lipinski definition) is 1. The van der Waals surface area contributed by atoms with Crippen LogP contribution in [-0.2, 0) is 5.41 Å². The Hall–Kier alpha value is -2.15. The molecule has 0 atom stereocenters. The van der Waals surface area contributed by atoms with Gasteiger partial charge >= 0.3 is 0 Å². The van der Waals surface area contributed by atoms with Crippen LogP contribution in [0.1, 0.15) is 49.9 Å². The Morgan fingerprint density at radius 3 is 2.36 bits per heavy atom. The fourth-order valence-electron chi connectivity index (χ4n) is 6.18. The predicted molar refractivity (Wildman–Crippen MR) is 110 cm³/mol. The number of hydrogen-bond acceptors (Lipinski definition) is 5. The first kappa shape index (κ1) is 17.9. The van der Waals surface area contributed by atoms with E-state index in [2.05, 4.69) is 10.2 Å². The number of nitrogens with one attached hydrogen (secondary N) is 1. The molecule has 0 radical (unpaired) electrons. The number of rotatable bonds is 5. The summed E-state index contributed by atoms with van der Waals surface area (Å²) in [6, 6.07) is 5.75. The summed E-state index contributed by atoms with van der Waals surface area (Å²) in [5, 5.41) is 12.4. The fraction of sp³-hybridized carbons (Fsp3) is 0.571. The molecule has 4 fully saturated rings. The average molecular weight is 399 g/mol. The van der Waals surface area contributed by atoms with E-state index in [1.165, 1.54) is 38.5 Å². The van der Waals surface area contributed by atoms with Crippen LogP contribution in [0.2, 0.25) is 0 Å². The molecule has 2 aromatic rings. The van der Waals surface area contributed by atoms with Crippen LogP contribution in [0.5, 0.6) is 11.5 Å². The first-order chi connectivity index (χ1) is 13.6. The maximum atomic E-state index is 5.52. The van der Waals surface area contributed by atoms with E-state index in [9.17, 15) is 0 Å². The molecule has 0 unspecified atom stereocenters. The zero-order valence-corrected chi connectivity index (χ0v) is 17.2. The predicted octanol–water partition coefficient (Wildman–Crippen LogP) is 4.31. The van der Waals surface area contributed by atoms with Crippen LogP contribution in [0.25, 0.3) is 0 Å². The highest BCUT2D eigenvalue weighted by Gasteiger charge is 2.53. The average Bonchev–Trinajstić information content (AvgIpc) is 3.06. The molecule has 4 saturated carbocycles. The smallest absolute Gasteiger partial charge is 0.216 e. The number of methoxy groups -OCH3 is 2. The van der Waals surface area contributed by atoms with Crippen molar-refractivity contribution in [1.82, 2.24) is 14.9 Å². The van der Waals surface area contributed by atoms with Crippen LogP contribution in [0, 0.1) is 22.5 Å². The van der Waals surface area contributed by atoms with Crippen LogP contribution in [-0.4, -0.2) is 35.3 Å². The van der Waals surface area contributed by atoms with Crippen LogP contribution in [0.15, 0.2) is 23.3 Å². The lowest BCUT2D eigenvalue weighted by Crippen LogP contribution is -2.49. The molecule has 1 aromatic carbocycles. The maximum absolute atomic E-state index is 5.52. The number of ether oxygens (including phenoxy) is 2. The minimum atomic E-state index is 0.136. The third-order valence-electron chi connectivity index (χ3n) is 6.89. The molecule has 148 valence electrons. The Bertz CT molecular complexity index is 942. The summed E-state index contributed by atoms with van der Waals surface area (Å²) in [5.41, 5.74) is 1.06. The second kappa shape index (κ2) is 6.72. The molecule has 28 heavy (non-hydrogen) atoms. The van der Waals surface area contributed by atoms with E-state index >= 15 is 0 Å². The van der Waals surface area contributed by atoms with Gasteiger partial charge in [0.15, 0.2) is 17.3 Å². The highest BCUT2D eigenvalue weighted by molar-refractivity contribution is 7.71. The van der Waals surface area contributed by atoms with Gasteiger partial charge in [0.1, 0.15) is 0 Å². The minimum absolute atomic E-state index is 0.136. The SMILES string of the molecule is COc1ccc(/C=N/n2c(C34CC5CC(CC(C5)C3)C4)n[nH]c2=S)cc1OC. The molecular formula is C21H26N4O2S. The maximum Gasteiger partial charge on any atom is 0.216 e. The van der Waals surface area contributed by atoms with Gasteiger partial charge in [0, 0.05) is 5.41 Å². The zero-order chi connectivity index (χ0) is 19.3. The highest BCUT2D eigenvalue weighted by atomic mass is 32.1. The topological polar surface area (TPSA) is 64.4 Å². The summed E-state index contributed by atoms with van der Waals surface area (Å²) in [4.78, 5) is 0. The molecule has 0 saturated heterocycles. The largest absolute Gasteiger partial charge is 0.493 e. The van der Waals surface area contributed by atoms with Gasteiger partial charge in [0.25, 0.3) is 0 Å². The van der Waals surface area contributed by atoms with Crippen molar-refractivity contribution in [3.63, 3.8) is 0 Å². The van der Waals surface area contributed by atoms with Gasteiger partial charge in [-0.1, -0.05) is 0 Å². The van der Waals surface area contributed by atoms with E-state index in [1.54, 1.807) is 14.2 Å². The summed E-state index contributed by atoms with van der Waals surface area (Å²) >= 11 is 5.52. The molecule has 4 aliphatic rings. The van der Waals surface area contributed by atoms with Gasteiger partial charge in [-0.25, -0.2) is 0 Å². The molecule has 4 bridgehead atoms. The van der Waals surface area contributed by atoms with Gasteiger partial charge in [-0.15, -0.1) is 0 Å². The van der Waals surface area contributed by atoms with Gasteiger partial charge in [-0.3, -0.25) is 5.10 Å². The van der Waals surface area contributed by atoms with Crippen molar-refractivity contribution in [2.45, 2.75) is 43.9 Å². The first-order valence-corrected chi connectivity index (χ1v) is 10.5. The monoisotopic (exact) mass is 398 g/mol. The molecule has 1 N–H and O–H groups in total. The summed E-state index contributed by atoms with van der Waals surface area (Å²) in [7, 11) is 3.27. The van der Waals surface area contributed by atoms with E-state index in [0.29, 0.717) is 16.3 Å². The molecule has 7 heteroatoms. The zero-order valence-electron chi connectivity index (χ0n) is 16.4. The van der Waals surface area contributed by atoms with E-state index in [1.807, 2.05) is 29.1 Å². The van der Waals surface area contributed by atoms with Crippen molar-refractivity contribution in [1.29, 1.82) is 0 Å². The van der Waals surface area contributed by atoms with Gasteiger partial charge in [0.05, 0.1) is 20.4 Å². The molecule has 4 aliphatic carbocycles. The highest BCUT2D eigenvalue weighted by Crippen LogP contribution is 2.60.